The lowest BCUT2D eigenvalue weighted by Gasteiger charge is -2.03. The summed E-state index contributed by atoms with van der Waals surface area (Å²) in [5.74, 6) is -0.519. The third-order valence-electron chi connectivity index (χ3n) is 2.57. The van der Waals surface area contributed by atoms with E-state index in [4.69, 9.17) is 11.6 Å². The summed E-state index contributed by atoms with van der Waals surface area (Å²) < 4.78 is 0. The first kappa shape index (κ1) is 13.2. The Labute approximate surface area is 114 Å². The Balaban J connectivity index is 2.51. The van der Waals surface area contributed by atoms with Crippen LogP contribution in [-0.4, -0.2) is 15.7 Å². The van der Waals surface area contributed by atoms with Gasteiger partial charge in [0, 0.05) is 11.6 Å². The summed E-state index contributed by atoms with van der Waals surface area (Å²) >= 11 is 5.69. The summed E-state index contributed by atoms with van der Waals surface area (Å²) in [6.07, 6.45) is 0. The van der Waals surface area contributed by atoms with Crippen molar-refractivity contribution in [3.63, 3.8) is 0 Å². The lowest BCUT2D eigenvalue weighted by molar-refractivity contribution is -0.385. The van der Waals surface area contributed by atoms with Gasteiger partial charge in [-0.05, 0) is 13.0 Å². The average molecular weight is 277 g/mol. The van der Waals surface area contributed by atoms with E-state index in [1.54, 1.807) is 24.3 Å². The summed E-state index contributed by atoms with van der Waals surface area (Å²) in [5.41, 5.74) is 0.727. The molecule has 0 saturated heterocycles. The van der Waals surface area contributed by atoms with E-state index in [1.165, 1.54) is 12.1 Å². The summed E-state index contributed by atoms with van der Waals surface area (Å²) in [7, 11) is 0. The molecule has 0 saturated carbocycles. The highest BCUT2D eigenvalue weighted by atomic mass is 35.5. The number of aromatic nitrogens is 1. The number of ketones is 1. The van der Waals surface area contributed by atoms with Crippen molar-refractivity contribution in [2.75, 3.05) is 0 Å². The number of pyridine rings is 1. The predicted octanol–water partition coefficient (Wildman–Crippen LogP) is 3.18. The molecule has 1 aromatic heterocycles. The van der Waals surface area contributed by atoms with Crippen LogP contribution in [0.2, 0.25) is 5.15 Å². The highest BCUT2D eigenvalue weighted by Gasteiger charge is 2.23. The van der Waals surface area contributed by atoms with Crippen LogP contribution >= 0.6 is 11.6 Å². The summed E-state index contributed by atoms with van der Waals surface area (Å²) in [6, 6.07) is 9.17. The van der Waals surface area contributed by atoms with Crippen molar-refractivity contribution < 1.29 is 9.72 Å². The molecule has 0 unspecified atom stereocenters. The normalized spacial score (nSPS) is 10.2. The second-order valence-electron chi connectivity index (χ2n) is 3.95. The number of nitrogens with zero attached hydrogens (tertiary/aromatic N) is 2. The van der Waals surface area contributed by atoms with E-state index in [-0.39, 0.29) is 16.5 Å². The van der Waals surface area contributed by atoms with Crippen molar-refractivity contribution in [1.29, 1.82) is 0 Å². The maximum atomic E-state index is 12.2. The maximum absolute atomic E-state index is 12.2. The van der Waals surface area contributed by atoms with Gasteiger partial charge in [-0.3, -0.25) is 14.9 Å². The molecule has 0 spiro atoms. The molecule has 0 fully saturated rings. The number of carbonyl (C=O) groups is 1. The van der Waals surface area contributed by atoms with Gasteiger partial charge < -0.3 is 0 Å². The highest BCUT2D eigenvalue weighted by Crippen LogP contribution is 2.22. The van der Waals surface area contributed by atoms with Crippen LogP contribution in [0.4, 0.5) is 5.69 Å². The van der Waals surface area contributed by atoms with E-state index >= 15 is 0 Å². The number of aryl methyl sites for hydroxylation is 1. The van der Waals surface area contributed by atoms with Crippen molar-refractivity contribution in [3.05, 3.63) is 68.5 Å². The fourth-order valence-electron chi connectivity index (χ4n) is 1.58. The number of hydrogen-bond acceptors (Lipinski definition) is 4. The number of nitro groups is 1. The van der Waals surface area contributed by atoms with Gasteiger partial charge in [-0.15, -0.1) is 0 Å². The lowest BCUT2D eigenvalue weighted by atomic mass is 10.1. The van der Waals surface area contributed by atoms with Crippen molar-refractivity contribution in [1.82, 2.24) is 4.98 Å². The molecule has 19 heavy (non-hydrogen) atoms. The molecule has 1 heterocycles. The molecule has 0 aliphatic heterocycles. The highest BCUT2D eigenvalue weighted by molar-refractivity contribution is 6.29. The molecular weight excluding hydrogens is 268 g/mol. The molecule has 5 nitrogen and oxygen atoms in total. The number of benzene rings is 1. The van der Waals surface area contributed by atoms with Crippen molar-refractivity contribution in [3.8, 4) is 0 Å². The molecule has 0 aliphatic rings. The standard InChI is InChI=1S/C13H9ClN2O3/c1-8-2-4-9(5-3-8)13(17)12-10(16(18)19)6-7-11(14)15-12/h2-7H,1H3. The van der Waals surface area contributed by atoms with E-state index < -0.39 is 10.7 Å². The van der Waals surface area contributed by atoms with E-state index in [0.717, 1.165) is 5.56 Å². The summed E-state index contributed by atoms with van der Waals surface area (Å²) in [5, 5.41) is 10.9. The molecule has 2 aromatic rings. The first-order chi connectivity index (χ1) is 8.99. The molecular formula is C13H9ClN2O3. The number of hydrogen-bond donors (Lipinski definition) is 0. The minimum atomic E-state index is -0.648. The first-order valence-electron chi connectivity index (χ1n) is 5.41. The van der Waals surface area contributed by atoms with E-state index in [0.29, 0.717) is 5.56 Å². The van der Waals surface area contributed by atoms with Crippen molar-refractivity contribution >= 4 is 23.1 Å². The van der Waals surface area contributed by atoms with Crippen molar-refractivity contribution in [2.45, 2.75) is 6.92 Å². The quantitative estimate of drug-likeness (QED) is 0.373. The summed E-state index contributed by atoms with van der Waals surface area (Å²) in [6.45, 7) is 1.88. The minimum Gasteiger partial charge on any atom is -0.287 e. The topological polar surface area (TPSA) is 73.1 Å². The second-order valence-corrected chi connectivity index (χ2v) is 4.34. The molecule has 96 valence electrons. The number of carbonyl (C=O) groups excluding carboxylic acids is 1. The largest absolute Gasteiger partial charge is 0.299 e. The number of halogens is 1. The van der Waals surface area contributed by atoms with Crippen LogP contribution < -0.4 is 0 Å². The third kappa shape index (κ3) is 2.77. The zero-order valence-electron chi connectivity index (χ0n) is 9.96. The molecule has 6 heteroatoms. The van der Waals surface area contributed by atoms with Crippen LogP contribution in [-0.2, 0) is 0 Å². The van der Waals surface area contributed by atoms with Gasteiger partial charge in [-0.25, -0.2) is 4.98 Å². The van der Waals surface area contributed by atoms with Gasteiger partial charge in [0.25, 0.3) is 5.69 Å². The SMILES string of the molecule is Cc1ccc(C(=O)c2nc(Cl)ccc2[N+](=O)[O-])cc1. The molecule has 0 aliphatic carbocycles. The lowest BCUT2D eigenvalue weighted by Crippen LogP contribution is -2.08. The molecule has 1 aromatic carbocycles. The van der Waals surface area contributed by atoms with E-state index in [2.05, 4.69) is 4.98 Å². The van der Waals surface area contributed by atoms with Gasteiger partial charge >= 0.3 is 0 Å². The molecule has 0 radical (unpaired) electrons. The van der Waals surface area contributed by atoms with Crippen LogP contribution in [0, 0.1) is 17.0 Å². The fourth-order valence-corrected chi connectivity index (χ4v) is 1.73. The first-order valence-corrected chi connectivity index (χ1v) is 5.79. The second kappa shape index (κ2) is 5.16. The van der Waals surface area contributed by atoms with Gasteiger partial charge in [0.15, 0.2) is 5.69 Å². The monoisotopic (exact) mass is 276 g/mol. The Kier molecular flexibility index (Phi) is 3.57. The molecule has 0 atom stereocenters. The Bertz CT molecular complexity index is 653. The van der Waals surface area contributed by atoms with Crippen LogP contribution in [0.15, 0.2) is 36.4 Å². The van der Waals surface area contributed by atoms with Crippen LogP contribution in [0.1, 0.15) is 21.6 Å². The zero-order chi connectivity index (χ0) is 14.0. The zero-order valence-corrected chi connectivity index (χ0v) is 10.7. The molecule has 0 bridgehead atoms. The van der Waals surface area contributed by atoms with Crippen LogP contribution in [0.25, 0.3) is 0 Å². The Morgan fingerprint density at radius 3 is 2.42 bits per heavy atom. The van der Waals surface area contributed by atoms with Crippen LogP contribution in [0.5, 0.6) is 0 Å². The van der Waals surface area contributed by atoms with Gasteiger partial charge in [0.05, 0.1) is 4.92 Å². The average Bonchev–Trinajstić information content (AvgIpc) is 2.38. The Hall–Kier alpha value is -2.27. The fraction of sp³-hybridized carbons (Fsp3) is 0.0769. The number of rotatable bonds is 3. The van der Waals surface area contributed by atoms with E-state index in [9.17, 15) is 14.9 Å². The molecule has 2 rings (SSSR count). The smallest absolute Gasteiger partial charge is 0.287 e. The Morgan fingerprint density at radius 2 is 1.84 bits per heavy atom. The van der Waals surface area contributed by atoms with E-state index in [1.807, 2.05) is 6.92 Å². The van der Waals surface area contributed by atoms with Gasteiger partial charge in [-0.2, -0.15) is 0 Å². The molecule has 0 N–H and O–H groups in total. The molecule has 0 amide bonds. The minimum absolute atomic E-state index is 0.0426. The van der Waals surface area contributed by atoms with Gasteiger partial charge in [0.2, 0.25) is 5.78 Å². The third-order valence-corrected chi connectivity index (χ3v) is 2.78. The van der Waals surface area contributed by atoms with Crippen molar-refractivity contribution in [2.24, 2.45) is 0 Å². The van der Waals surface area contributed by atoms with Crippen LogP contribution in [0.3, 0.4) is 0 Å². The van der Waals surface area contributed by atoms with Gasteiger partial charge in [0.1, 0.15) is 5.15 Å². The maximum Gasteiger partial charge on any atom is 0.299 e. The van der Waals surface area contributed by atoms with Gasteiger partial charge in [-0.1, -0.05) is 41.4 Å². The summed E-state index contributed by atoms with van der Waals surface area (Å²) in [4.78, 5) is 26.2. The predicted molar refractivity (Wildman–Crippen MR) is 70.5 cm³/mol. The Morgan fingerprint density at radius 1 is 1.21 bits per heavy atom.